The summed E-state index contributed by atoms with van der Waals surface area (Å²) < 4.78 is 7.61. The Balaban J connectivity index is 1.85. The Hall–Kier alpha value is -4.23. The Morgan fingerprint density at radius 2 is 1.59 bits per heavy atom. The number of hydrogen-bond donors (Lipinski definition) is 1. The summed E-state index contributed by atoms with van der Waals surface area (Å²) in [5, 5.41) is 15.2. The molecule has 0 unspecified atom stereocenters. The van der Waals surface area contributed by atoms with Gasteiger partial charge in [-0.2, -0.15) is 0 Å². The number of carbonyl (C=O) groups excluding carboxylic acids is 1. The van der Waals surface area contributed by atoms with E-state index in [4.69, 9.17) is 4.74 Å². The third-order valence-electron chi connectivity index (χ3n) is 10.3. The van der Waals surface area contributed by atoms with E-state index in [0.29, 0.717) is 17.8 Å². The fourth-order valence-corrected chi connectivity index (χ4v) is 10.5. The first-order valence-corrected chi connectivity index (χ1v) is 18.1. The topological polar surface area (TPSA) is 69.9 Å². The van der Waals surface area contributed by atoms with Gasteiger partial charge in [-0.3, -0.25) is 4.79 Å². The fourth-order valence-electron chi connectivity index (χ4n) is 7.47. The van der Waals surface area contributed by atoms with Crippen LogP contribution in [0.4, 0.5) is 5.69 Å². The molecule has 226 valence electrons. The van der Waals surface area contributed by atoms with Gasteiger partial charge in [0.2, 0.25) is 5.36 Å². The second kappa shape index (κ2) is 9.63. The number of ether oxygens (including phenoxy) is 1. The molecule has 0 saturated carbocycles. The lowest BCUT2D eigenvalue weighted by atomic mass is 9.84. The number of fused-ring (bicyclic) bond motifs is 4. The van der Waals surface area contributed by atoms with Crippen molar-refractivity contribution < 1.29 is 19.4 Å². The standard InChI is InChI=1S/C37H40N2O4Si/c1-21-18-36(3,4)38(7)30-16-32-28(14-25(21)30)34(27-13-23(43-20-40)11-12-24(27)35(41)42)29-15-26-22(2)19-37(5,6)39(8)31(26)17-33(29)44(32,9)10/h11-20H,1-10H3/p+1. The Labute approximate surface area is 260 Å². The minimum absolute atomic E-state index is 0.148. The normalized spacial score (nSPS) is 18.7. The molecule has 7 heteroatoms. The first kappa shape index (κ1) is 29.8. The Kier molecular flexibility index (Phi) is 6.53. The van der Waals surface area contributed by atoms with Crippen LogP contribution in [0.3, 0.4) is 0 Å². The lowest BCUT2D eigenvalue weighted by Gasteiger charge is -2.43. The molecule has 0 aromatic heterocycles. The van der Waals surface area contributed by atoms with Crippen LogP contribution in [0.25, 0.3) is 16.7 Å². The number of benzene rings is 3. The van der Waals surface area contributed by atoms with Gasteiger partial charge >= 0.3 is 5.97 Å². The fraction of sp³-hybridized carbons (Fsp3) is 0.324. The van der Waals surface area contributed by atoms with Crippen molar-refractivity contribution >= 4 is 53.3 Å². The summed E-state index contributed by atoms with van der Waals surface area (Å²) in [6, 6.07) is 14.1. The van der Waals surface area contributed by atoms with E-state index < -0.39 is 14.0 Å². The van der Waals surface area contributed by atoms with Crippen molar-refractivity contribution in [3.63, 3.8) is 0 Å². The number of aromatic carboxylic acids is 1. The molecule has 0 aliphatic carbocycles. The molecule has 1 N–H and O–H groups in total. The van der Waals surface area contributed by atoms with Crippen LogP contribution in [-0.4, -0.2) is 50.8 Å². The molecule has 0 bridgehead atoms. The summed E-state index contributed by atoms with van der Waals surface area (Å²) in [6.45, 7) is 18.4. The van der Waals surface area contributed by atoms with E-state index in [1.807, 2.05) is 0 Å². The summed E-state index contributed by atoms with van der Waals surface area (Å²) in [5.74, 6) is -0.718. The summed E-state index contributed by atoms with van der Waals surface area (Å²) in [5.41, 5.74) is 8.18. The van der Waals surface area contributed by atoms with Crippen molar-refractivity contribution in [2.75, 3.05) is 19.0 Å². The zero-order valence-corrected chi connectivity index (χ0v) is 28.3. The quantitative estimate of drug-likeness (QED) is 0.274. The lowest BCUT2D eigenvalue weighted by Crippen LogP contribution is -2.64. The van der Waals surface area contributed by atoms with Crippen molar-refractivity contribution in [1.29, 1.82) is 0 Å². The van der Waals surface area contributed by atoms with Crippen molar-refractivity contribution in [1.82, 2.24) is 4.58 Å². The van der Waals surface area contributed by atoms with E-state index >= 15 is 0 Å². The highest BCUT2D eigenvalue weighted by atomic mass is 28.3. The highest BCUT2D eigenvalue weighted by Crippen LogP contribution is 2.41. The van der Waals surface area contributed by atoms with Crippen molar-refractivity contribution in [3.8, 4) is 5.75 Å². The number of hydrogen-bond acceptors (Lipinski definition) is 4. The van der Waals surface area contributed by atoms with Crippen LogP contribution in [0.15, 0.2) is 54.6 Å². The predicted molar refractivity (Wildman–Crippen MR) is 182 cm³/mol. The summed E-state index contributed by atoms with van der Waals surface area (Å²) in [7, 11) is 1.95. The van der Waals surface area contributed by atoms with E-state index in [1.165, 1.54) is 32.6 Å². The average molecular weight is 606 g/mol. The number of rotatable bonds is 4. The van der Waals surface area contributed by atoms with E-state index in [-0.39, 0.29) is 16.6 Å². The molecule has 3 aliphatic rings. The third-order valence-corrected chi connectivity index (χ3v) is 13.8. The molecule has 6 nitrogen and oxygen atoms in total. The van der Waals surface area contributed by atoms with Gasteiger partial charge in [-0.15, -0.1) is 0 Å². The number of carboxylic acid groups (broad SMARTS) is 1. The monoisotopic (exact) mass is 605 g/mol. The van der Waals surface area contributed by atoms with Gasteiger partial charge in [0.1, 0.15) is 20.9 Å². The largest absolute Gasteiger partial charge is 0.478 e. The second-order valence-corrected chi connectivity index (χ2v) is 18.5. The summed E-state index contributed by atoms with van der Waals surface area (Å²) in [6.07, 6.45) is 4.59. The minimum Gasteiger partial charge on any atom is -0.478 e. The van der Waals surface area contributed by atoms with Gasteiger partial charge < -0.3 is 14.7 Å². The molecular weight excluding hydrogens is 565 g/mol. The Bertz CT molecular complexity index is 2010. The number of anilines is 1. The SMILES string of the molecule is CC1=CC(C)(C)N(C)c2cc3c(cc21)C(c1cc(OC=O)ccc1C(=O)O)=c1cc2c(cc1[Si]3(C)C)=[N+](C)C(C)(C)C=C2C. The number of nitrogens with zero attached hydrogens (tertiary/aromatic N) is 2. The molecule has 0 spiro atoms. The predicted octanol–water partition coefficient (Wildman–Crippen LogP) is 4.25. The van der Waals surface area contributed by atoms with Gasteiger partial charge in [0.05, 0.1) is 11.1 Å². The molecule has 3 aromatic rings. The minimum atomic E-state index is -2.34. The van der Waals surface area contributed by atoms with Gasteiger partial charge in [-0.05, 0) is 108 Å². The maximum atomic E-state index is 12.7. The first-order chi connectivity index (χ1) is 20.5. The highest BCUT2D eigenvalue weighted by molar-refractivity contribution is 7.01. The van der Waals surface area contributed by atoms with Gasteiger partial charge in [-0.25, -0.2) is 9.37 Å². The van der Waals surface area contributed by atoms with E-state index in [2.05, 4.69) is 115 Å². The maximum Gasteiger partial charge on any atom is 0.336 e. The van der Waals surface area contributed by atoms with Gasteiger partial charge in [0.15, 0.2) is 5.54 Å². The van der Waals surface area contributed by atoms with Crippen LogP contribution >= 0.6 is 0 Å². The van der Waals surface area contributed by atoms with Gasteiger partial charge in [-0.1, -0.05) is 19.2 Å². The zero-order chi connectivity index (χ0) is 32.1. The first-order valence-electron chi connectivity index (χ1n) is 15.1. The van der Waals surface area contributed by atoms with E-state index in [1.54, 1.807) is 18.2 Å². The number of allylic oxidation sites excluding steroid dienone is 2. The van der Waals surface area contributed by atoms with Crippen LogP contribution in [-0.2, 0) is 4.79 Å². The van der Waals surface area contributed by atoms with Crippen LogP contribution in [0, 0.1) is 0 Å². The number of likely N-dealkylation sites (N-methyl/N-ethyl adjacent to an activating group) is 2. The van der Waals surface area contributed by atoms with Crippen LogP contribution in [0.1, 0.15) is 74.2 Å². The van der Waals surface area contributed by atoms with Crippen LogP contribution in [0.5, 0.6) is 5.75 Å². The highest BCUT2D eigenvalue weighted by Gasteiger charge is 2.41. The smallest absolute Gasteiger partial charge is 0.336 e. The molecule has 44 heavy (non-hydrogen) atoms. The second-order valence-electron chi connectivity index (χ2n) is 14.1. The molecule has 0 amide bonds. The summed E-state index contributed by atoms with van der Waals surface area (Å²) in [4.78, 5) is 26.4. The Morgan fingerprint density at radius 1 is 0.909 bits per heavy atom. The number of carboxylic acids is 1. The molecule has 6 rings (SSSR count). The molecule has 3 aliphatic heterocycles. The molecule has 0 radical (unpaired) electrons. The van der Waals surface area contributed by atoms with Crippen LogP contribution in [0.2, 0.25) is 13.1 Å². The van der Waals surface area contributed by atoms with Gasteiger partial charge in [0, 0.05) is 49.3 Å². The Morgan fingerprint density at radius 3 is 2.25 bits per heavy atom. The molecule has 3 heterocycles. The molecule has 0 saturated heterocycles. The zero-order valence-electron chi connectivity index (χ0n) is 27.3. The van der Waals surface area contributed by atoms with Crippen molar-refractivity contribution in [2.45, 2.75) is 65.7 Å². The molecular formula is C37H41N2O4Si+. The molecule has 0 fully saturated rings. The third kappa shape index (κ3) is 4.24. The maximum absolute atomic E-state index is 12.7. The average Bonchev–Trinajstić information content (AvgIpc) is 2.94. The van der Waals surface area contributed by atoms with Crippen LogP contribution < -0.4 is 35.2 Å². The van der Waals surface area contributed by atoms with Crippen molar-refractivity contribution in [3.05, 3.63) is 93.0 Å². The molecule has 3 aromatic carbocycles. The van der Waals surface area contributed by atoms with Gasteiger partial charge in [0.25, 0.3) is 6.47 Å². The molecule has 0 atom stereocenters. The van der Waals surface area contributed by atoms with E-state index in [9.17, 15) is 14.7 Å². The van der Waals surface area contributed by atoms with E-state index in [0.717, 1.165) is 27.5 Å². The summed E-state index contributed by atoms with van der Waals surface area (Å²) >= 11 is 0. The lowest BCUT2D eigenvalue weighted by molar-refractivity contribution is -0.120. The number of carbonyl (C=O) groups is 2. The van der Waals surface area contributed by atoms with Crippen molar-refractivity contribution in [2.24, 2.45) is 0 Å².